The number of carbonyl (C=O) groups excluding carboxylic acids is 1. The van der Waals surface area contributed by atoms with Gasteiger partial charge in [-0.05, 0) is 40.3 Å². The first-order valence-corrected chi connectivity index (χ1v) is 8.21. The molecule has 0 spiro atoms. The molecule has 0 radical (unpaired) electrons. The Labute approximate surface area is 151 Å². The Kier molecular flexibility index (Phi) is 3.67. The van der Waals surface area contributed by atoms with Crippen LogP contribution in [0.25, 0.3) is 21.9 Å². The number of nitrogens with two attached hydrogens (primary N) is 1. The van der Waals surface area contributed by atoms with Gasteiger partial charge >= 0.3 is 0 Å². The van der Waals surface area contributed by atoms with Gasteiger partial charge in [0.1, 0.15) is 0 Å². The van der Waals surface area contributed by atoms with Gasteiger partial charge in [-0.3, -0.25) is 9.78 Å². The molecule has 0 aliphatic carbocycles. The van der Waals surface area contributed by atoms with E-state index in [1.165, 1.54) is 0 Å². The maximum atomic E-state index is 12.8. The number of pyridine rings is 1. The zero-order valence-electron chi connectivity index (χ0n) is 14.1. The third kappa shape index (κ3) is 2.49. The van der Waals surface area contributed by atoms with Crippen LogP contribution in [-0.4, -0.2) is 22.3 Å². The molecule has 0 unspecified atom stereocenters. The minimum absolute atomic E-state index is 0.154. The quantitative estimate of drug-likeness (QED) is 0.584. The van der Waals surface area contributed by atoms with Gasteiger partial charge in [-0.2, -0.15) is 5.26 Å². The van der Waals surface area contributed by atoms with E-state index in [4.69, 9.17) is 11.0 Å². The van der Waals surface area contributed by atoms with E-state index in [9.17, 15) is 4.79 Å². The minimum atomic E-state index is -0.154. The fourth-order valence-electron chi connectivity index (χ4n) is 3.42. The van der Waals surface area contributed by atoms with E-state index in [-0.39, 0.29) is 12.5 Å². The van der Waals surface area contributed by atoms with Gasteiger partial charge in [0.25, 0.3) is 5.91 Å². The van der Waals surface area contributed by atoms with Gasteiger partial charge in [0.2, 0.25) is 0 Å². The van der Waals surface area contributed by atoms with Crippen molar-refractivity contribution in [1.29, 1.82) is 5.26 Å². The molecule has 0 bridgehead atoms. The van der Waals surface area contributed by atoms with Crippen molar-refractivity contribution >= 4 is 22.4 Å². The normalized spacial score (nSPS) is 12.9. The van der Waals surface area contributed by atoms with E-state index in [0.717, 1.165) is 27.5 Å². The fraction of sp³-hybridized carbons (Fsp3) is 0.0952. The number of nitrogens with zero attached hydrogens (tertiary/aromatic N) is 3. The van der Waals surface area contributed by atoms with E-state index < -0.39 is 0 Å². The van der Waals surface area contributed by atoms with Crippen LogP contribution in [0.4, 0.5) is 5.69 Å². The smallest absolute Gasteiger partial charge is 0.256 e. The van der Waals surface area contributed by atoms with Crippen molar-refractivity contribution in [2.75, 3.05) is 12.3 Å². The minimum Gasteiger partial charge on any atom is -0.398 e. The molecule has 0 fully saturated rings. The highest BCUT2D eigenvalue weighted by molar-refractivity contribution is 6.05. The topological polar surface area (TPSA) is 83.0 Å². The molecule has 0 atom stereocenters. The molecule has 26 heavy (non-hydrogen) atoms. The van der Waals surface area contributed by atoms with Crippen LogP contribution >= 0.6 is 0 Å². The molecule has 0 saturated carbocycles. The number of carbonyl (C=O) groups is 1. The first kappa shape index (κ1) is 15.9. The van der Waals surface area contributed by atoms with Gasteiger partial charge in [0.15, 0.2) is 0 Å². The molecule has 2 N–H and O–H groups in total. The van der Waals surface area contributed by atoms with Crippen molar-refractivity contribution in [3.63, 3.8) is 0 Å². The molecule has 2 heterocycles. The van der Waals surface area contributed by atoms with E-state index in [1.54, 1.807) is 17.2 Å². The van der Waals surface area contributed by atoms with Crippen LogP contribution in [0.5, 0.6) is 0 Å². The third-order valence-corrected chi connectivity index (χ3v) is 4.69. The van der Waals surface area contributed by atoms with Crippen molar-refractivity contribution in [3.05, 3.63) is 72.1 Å². The molecule has 126 valence electrons. The van der Waals surface area contributed by atoms with Crippen molar-refractivity contribution in [1.82, 2.24) is 9.88 Å². The Balaban J connectivity index is 1.82. The van der Waals surface area contributed by atoms with Crippen molar-refractivity contribution in [2.45, 2.75) is 6.54 Å². The average Bonchev–Trinajstić information content (AvgIpc) is 2.98. The number of nitriles is 1. The lowest BCUT2D eigenvalue weighted by Gasteiger charge is -2.14. The fourth-order valence-corrected chi connectivity index (χ4v) is 3.42. The zero-order chi connectivity index (χ0) is 18.3. The number of aromatic nitrogens is 1. The van der Waals surface area contributed by atoms with Crippen LogP contribution in [0, 0.1) is 11.3 Å². The van der Waals surface area contributed by atoms with Gasteiger partial charge < -0.3 is 10.6 Å². The van der Waals surface area contributed by atoms with Crippen LogP contribution < -0.4 is 5.73 Å². The second-order valence-electron chi connectivity index (χ2n) is 6.37. The number of benzene rings is 2. The molecular formula is C21H16N4O. The van der Waals surface area contributed by atoms with Crippen LogP contribution in [0.15, 0.2) is 60.9 Å². The molecule has 4 rings (SSSR count). The van der Waals surface area contributed by atoms with Crippen LogP contribution in [0.2, 0.25) is 0 Å². The van der Waals surface area contributed by atoms with Gasteiger partial charge in [0, 0.05) is 35.6 Å². The number of rotatable bonds is 3. The first-order chi connectivity index (χ1) is 12.6. The molecule has 1 aliphatic rings. The standard InChI is InChI=1S/C21H16N4O/c1-13(9-22)11-25-12-18-17(4-5-19(23)20(18)21(25)26)15-3-2-14-6-7-24-10-16(14)8-15/h2-8,10H,1,11-12,23H2. The summed E-state index contributed by atoms with van der Waals surface area (Å²) >= 11 is 0. The lowest BCUT2D eigenvalue weighted by molar-refractivity contribution is 0.0795. The van der Waals surface area contributed by atoms with E-state index in [0.29, 0.717) is 23.4 Å². The summed E-state index contributed by atoms with van der Waals surface area (Å²) in [4.78, 5) is 18.5. The Morgan fingerprint density at radius 2 is 2.12 bits per heavy atom. The predicted octanol–water partition coefficient (Wildman–Crippen LogP) is 3.52. The Hall–Kier alpha value is -3.65. The van der Waals surface area contributed by atoms with Gasteiger partial charge in [-0.15, -0.1) is 0 Å². The lowest BCUT2D eigenvalue weighted by atomic mass is 9.94. The molecular weight excluding hydrogens is 324 g/mol. The highest BCUT2D eigenvalue weighted by atomic mass is 16.2. The van der Waals surface area contributed by atoms with E-state index >= 15 is 0 Å². The summed E-state index contributed by atoms with van der Waals surface area (Å²) in [6.45, 7) is 4.31. The Morgan fingerprint density at radius 3 is 2.92 bits per heavy atom. The molecule has 0 saturated heterocycles. The van der Waals surface area contributed by atoms with E-state index in [2.05, 4.69) is 17.6 Å². The largest absolute Gasteiger partial charge is 0.398 e. The van der Waals surface area contributed by atoms with Crippen molar-refractivity contribution < 1.29 is 4.79 Å². The van der Waals surface area contributed by atoms with Crippen molar-refractivity contribution in [2.24, 2.45) is 0 Å². The maximum absolute atomic E-state index is 12.8. The summed E-state index contributed by atoms with van der Waals surface area (Å²) in [6, 6.07) is 13.8. The Bertz CT molecular complexity index is 1110. The molecule has 5 heteroatoms. The number of amides is 1. The third-order valence-electron chi connectivity index (χ3n) is 4.69. The summed E-state index contributed by atoms with van der Waals surface area (Å²) < 4.78 is 0. The van der Waals surface area contributed by atoms with Crippen LogP contribution in [0.1, 0.15) is 15.9 Å². The average molecular weight is 340 g/mol. The van der Waals surface area contributed by atoms with Gasteiger partial charge in [-0.25, -0.2) is 0 Å². The molecule has 1 aliphatic heterocycles. The van der Waals surface area contributed by atoms with Crippen molar-refractivity contribution in [3.8, 4) is 17.2 Å². The SMILES string of the molecule is C=C(C#N)CN1Cc2c(-c3ccc4ccncc4c3)ccc(N)c2C1=O. The number of hydrogen-bond acceptors (Lipinski definition) is 4. The highest BCUT2D eigenvalue weighted by Crippen LogP contribution is 2.37. The molecule has 5 nitrogen and oxygen atoms in total. The second kappa shape index (κ2) is 6.01. The molecule has 1 amide bonds. The summed E-state index contributed by atoms with van der Waals surface area (Å²) in [5.41, 5.74) is 10.3. The number of fused-ring (bicyclic) bond motifs is 2. The number of anilines is 1. The van der Waals surface area contributed by atoms with Crippen LogP contribution in [0.3, 0.4) is 0 Å². The van der Waals surface area contributed by atoms with E-state index in [1.807, 2.05) is 36.5 Å². The highest BCUT2D eigenvalue weighted by Gasteiger charge is 2.32. The lowest BCUT2D eigenvalue weighted by Crippen LogP contribution is -2.26. The summed E-state index contributed by atoms with van der Waals surface area (Å²) in [7, 11) is 0. The monoisotopic (exact) mass is 340 g/mol. The summed E-state index contributed by atoms with van der Waals surface area (Å²) in [5, 5.41) is 11.1. The number of hydrogen-bond donors (Lipinski definition) is 1. The number of nitrogen functional groups attached to an aromatic ring is 1. The summed E-state index contributed by atoms with van der Waals surface area (Å²) in [6.07, 6.45) is 3.59. The Morgan fingerprint density at radius 1 is 1.27 bits per heavy atom. The van der Waals surface area contributed by atoms with Gasteiger partial charge in [0.05, 0.1) is 18.2 Å². The maximum Gasteiger partial charge on any atom is 0.256 e. The predicted molar refractivity (Wildman–Crippen MR) is 101 cm³/mol. The zero-order valence-corrected chi connectivity index (χ0v) is 14.1. The van der Waals surface area contributed by atoms with Gasteiger partial charge in [-0.1, -0.05) is 24.8 Å². The molecule has 3 aromatic rings. The molecule has 1 aromatic heterocycles. The molecule has 2 aromatic carbocycles. The van der Waals surface area contributed by atoms with Crippen LogP contribution in [-0.2, 0) is 6.54 Å². The first-order valence-electron chi connectivity index (χ1n) is 8.21. The second-order valence-corrected chi connectivity index (χ2v) is 6.37. The summed E-state index contributed by atoms with van der Waals surface area (Å²) in [5.74, 6) is -0.154.